The van der Waals surface area contributed by atoms with Crippen LogP contribution in [0.5, 0.6) is 0 Å². The maximum Gasteiger partial charge on any atom is 0.416 e. The molecule has 1 amide bonds. The van der Waals surface area contributed by atoms with E-state index in [1.807, 2.05) is 0 Å². The van der Waals surface area contributed by atoms with E-state index in [0.717, 1.165) is 6.26 Å². The standard InChI is InChI=1S/C27H29F6NO3/c1-5-36-22(18-15-20(26(28,29)30)17-21(16-18)27(31,32)33)25(19-9-7-6-8-10-19)11-13-34(14-12-25)23(35)37-24(2,3)4/h5-10,15-17,22H,1,11-14H2,2-4H3. The maximum atomic E-state index is 13.6. The first kappa shape index (κ1) is 28.4. The van der Waals surface area contributed by atoms with Crippen LogP contribution in [0.4, 0.5) is 31.1 Å². The van der Waals surface area contributed by atoms with Gasteiger partial charge in [0.05, 0.1) is 17.4 Å². The van der Waals surface area contributed by atoms with Crippen LogP contribution in [-0.2, 0) is 27.2 Å². The summed E-state index contributed by atoms with van der Waals surface area (Å²) in [7, 11) is 0. The van der Waals surface area contributed by atoms with Gasteiger partial charge in [-0.25, -0.2) is 4.79 Å². The molecule has 1 fully saturated rings. The molecule has 4 nitrogen and oxygen atoms in total. The maximum absolute atomic E-state index is 13.6. The van der Waals surface area contributed by atoms with E-state index in [-0.39, 0.29) is 37.6 Å². The molecule has 1 unspecified atom stereocenters. The van der Waals surface area contributed by atoms with Crippen molar-refractivity contribution in [2.24, 2.45) is 0 Å². The number of amides is 1. The monoisotopic (exact) mass is 529 g/mol. The quantitative estimate of drug-likeness (QED) is 0.292. The number of benzene rings is 2. The molecular weight excluding hydrogens is 500 g/mol. The van der Waals surface area contributed by atoms with Gasteiger partial charge in [-0.3, -0.25) is 0 Å². The number of ether oxygens (including phenoxy) is 2. The summed E-state index contributed by atoms with van der Waals surface area (Å²) in [6, 6.07) is 10.2. The van der Waals surface area contributed by atoms with Gasteiger partial charge in [-0.05, 0) is 62.9 Å². The molecule has 37 heavy (non-hydrogen) atoms. The molecule has 0 saturated carbocycles. The van der Waals surface area contributed by atoms with Gasteiger partial charge in [0.1, 0.15) is 11.7 Å². The molecule has 3 rings (SSSR count). The van der Waals surface area contributed by atoms with Crippen molar-refractivity contribution in [3.8, 4) is 0 Å². The number of rotatable bonds is 5. The Morgan fingerprint density at radius 3 is 1.89 bits per heavy atom. The lowest BCUT2D eigenvalue weighted by Gasteiger charge is -2.46. The van der Waals surface area contributed by atoms with Crippen molar-refractivity contribution in [2.45, 2.75) is 63.1 Å². The molecule has 1 saturated heterocycles. The van der Waals surface area contributed by atoms with E-state index in [1.165, 1.54) is 4.90 Å². The minimum atomic E-state index is -5.01. The van der Waals surface area contributed by atoms with Crippen LogP contribution in [0.15, 0.2) is 61.4 Å². The summed E-state index contributed by atoms with van der Waals surface area (Å²) in [6.07, 6.45) is -10.4. The first-order valence-corrected chi connectivity index (χ1v) is 11.7. The Morgan fingerprint density at radius 2 is 1.46 bits per heavy atom. The summed E-state index contributed by atoms with van der Waals surface area (Å²) in [6.45, 7) is 9.01. The lowest BCUT2D eigenvalue weighted by Crippen LogP contribution is -2.49. The van der Waals surface area contributed by atoms with E-state index in [1.54, 1.807) is 51.1 Å². The molecule has 2 aromatic rings. The highest BCUT2D eigenvalue weighted by atomic mass is 19.4. The second kappa shape index (κ2) is 10.3. The van der Waals surface area contributed by atoms with Gasteiger partial charge in [0.25, 0.3) is 0 Å². The number of likely N-dealkylation sites (tertiary alicyclic amines) is 1. The van der Waals surface area contributed by atoms with Crippen LogP contribution in [0.25, 0.3) is 0 Å². The molecule has 10 heteroatoms. The number of piperidine rings is 1. The molecular formula is C27H29F6NO3. The minimum Gasteiger partial charge on any atom is -0.493 e. The summed E-state index contributed by atoms with van der Waals surface area (Å²) in [5, 5.41) is 0. The second-order valence-electron chi connectivity index (χ2n) is 10.0. The molecule has 0 spiro atoms. The third kappa shape index (κ3) is 6.59. The number of nitrogens with zero attached hydrogens (tertiary/aromatic N) is 1. The second-order valence-corrected chi connectivity index (χ2v) is 10.0. The Kier molecular flexibility index (Phi) is 7.91. The average molecular weight is 530 g/mol. The van der Waals surface area contributed by atoms with Crippen LogP contribution in [0.1, 0.15) is 62.0 Å². The summed E-state index contributed by atoms with van der Waals surface area (Å²) < 4.78 is 93.0. The first-order valence-electron chi connectivity index (χ1n) is 11.7. The highest BCUT2D eigenvalue weighted by Crippen LogP contribution is 2.49. The predicted octanol–water partition coefficient (Wildman–Crippen LogP) is 7.89. The predicted molar refractivity (Wildman–Crippen MR) is 126 cm³/mol. The van der Waals surface area contributed by atoms with Gasteiger partial charge >= 0.3 is 18.4 Å². The summed E-state index contributed by atoms with van der Waals surface area (Å²) in [5.41, 5.74) is -4.26. The summed E-state index contributed by atoms with van der Waals surface area (Å²) >= 11 is 0. The van der Waals surface area contributed by atoms with Crippen LogP contribution in [0.2, 0.25) is 0 Å². The summed E-state index contributed by atoms with van der Waals surface area (Å²) in [4.78, 5) is 14.1. The van der Waals surface area contributed by atoms with E-state index in [4.69, 9.17) is 9.47 Å². The molecule has 1 atom stereocenters. The topological polar surface area (TPSA) is 38.8 Å². The Hall–Kier alpha value is -3.17. The van der Waals surface area contributed by atoms with Crippen LogP contribution < -0.4 is 0 Å². The molecule has 202 valence electrons. The Labute approximate surface area is 211 Å². The highest BCUT2D eigenvalue weighted by molar-refractivity contribution is 5.68. The number of hydrogen-bond donors (Lipinski definition) is 0. The van der Waals surface area contributed by atoms with E-state index in [2.05, 4.69) is 6.58 Å². The molecule has 0 bridgehead atoms. The highest BCUT2D eigenvalue weighted by Gasteiger charge is 2.47. The summed E-state index contributed by atoms with van der Waals surface area (Å²) in [5.74, 6) is 0. The van der Waals surface area contributed by atoms with Crippen molar-refractivity contribution in [1.82, 2.24) is 4.90 Å². The molecule has 0 aromatic heterocycles. The number of carbonyl (C=O) groups excluding carboxylic acids is 1. The Balaban J connectivity index is 2.13. The van der Waals surface area contributed by atoms with Crippen molar-refractivity contribution in [1.29, 1.82) is 0 Å². The fourth-order valence-electron chi connectivity index (χ4n) is 4.64. The first-order chi connectivity index (χ1) is 17.1. The zero-order chi connectivity index (χ0) is 27.6. The van der Waals surface area contributed by atoms with E-state index < -0.39 is 46.7 Å². The fraction of sp³-hybridized carbons (Fsp3) is 0.444. The molecule has 0 aliphatic carbocycles. The van der Waals surface area contributed by atoms with Crippen molar-refractivity contribution in [3.63, 3.8) is 0 Å². The van der Waals surface area contributed by atoms with Crippen LogP contribution in [0, 0.1) is 0 Å². The number of alkyl halides is 6. The molecule has 0 radical (unpaired) electrons. The van der Waals surface area contributed by atoms with Gasteiger partial charge < -0.3 is 14.4 Å². The molecule has 2 aromatic carbocycles. The van der Waals surface area contributed by atoms with E-state index >= 15 is 0 Å². The fourth-order valence-corrected chi connectivity index (χ4v) is 4.64. The zero-order valence-electron chi connectivity index (χ0n) is 20.7. The molecule has 1 heterocycles. The lowest BCUT2D eigenvalue weighted by atomic mass is 9.66. The van der Waals surface area contributed by atoms with Crippen LogP contribution in [-0.4, -0.2) is 29.7 Å². The van der Waals surface area contributed by atoms with E-state index in [9.17, 15) is 31.1 Å². The average Bonchev–Trinajstić information content (AvgIpc) is 2.80. The third-order valence-electron chi connectivity index (χ3n) is 6.30. The van der Waals surface area contributed by atoms with Gasteiger partial charge in [-0.1, -0.05) is 36.9 Å². The van der Waals surface area contributed by atoms with Crippen molar-refractivity contribution in [3.05, 3.63) is 83.6 Å². The van der Waals surface area contributed by atoms with Crippen molar-refractivity contribution < 1.29 is 40.6 Å². The SMILES string of the molecule is C=COC(c1cc(C(F)(F)F)cc(C(F)(F)F)c1)C1(c2ccccc2)CCN(C(=O)OC(C)(C)C)CC1. The third-order valence-corrected chi connectivity index (χ3v) is 6.30. The number of hydrogen-bond acceptors (Lipinski definition) is 3. The Bertz CT molecular complexity index is 1070. The minimum absolute atomic E-state index is 0.0920. The number of halogens is 6. The van der Waals surface area contributed by atoms with Gasteiger partial charge in [-0.2, -0.15) is 26.3 Å². The largest absolute Gasteiger partial charge is 0.493 e. The van der Waals surface area contributed by atoms with Crippen molar-refractivity contribution in [2.75, 3.05) is 13.1 Å². The van der Waals surface area contributed by atoms with Crippen molar-refractivity contribution >= 4 is 6.09 Å². The van der Waals surface area contributed by atoms with Crippen LogP contribution in [0.3, 0.4) is 0 Å². The molecule has 1 aliphatic rings. The van der Waals surface area contributed by atoms with Crippen LogP contribution >= 0.6 is 0 Å². The van der Waals surface area contributed by atoms with E-state index in [0.29, 0.717) is 17.7 Å². The smallest absolute Gasteiger partial charge is 0.416 e. The lowest BCUT2D eigenvalue weighted by molar-refractivity contribution is -0.143. The van der Waals surface area contributed by atoms with Gasteiger partial charge in [0.15, 0.2) is 0 Å². The zero-order valence-corrected chi connectivity index (χ0v) is 20.7. The Morgan fingerprint density at radius 1 is 0.946 bits per heavy atom. The van der Waals surface area contributed by atoms with Gasteiger partial charge in [-0.15, -0.1) is 0 Å². The van der Waals surface area contributed by atoms with Gasteiger partial charge in [0.2, 0.25) is 0 Å². The normalized spacial score (nSPS) is 17.2. The number of carbonyl (C=O) groups is 1. The van der Waals surface area contributed by atoms with Gasteiger partial charge in [0, 0.05) is 18.5 Å². The molecule has 0 N–H and O–H groups in total. The molecule has 1 aliphatic heterocycles.